The van der Waals surface area contributed by atoms with Crippen LogP contribution in [0.1, 0.15) is 103 Å². The highest BCUT2D eigenvalue weighted by Crippen LogP contribution is 2.27. The second-order valence-electron chi connectivity index (χ2n) is 10.6. The first-order valence-corrected chi connectivity index (χ1v) is 13.0. The Hall–Kier alpha value is -2.57. The third-order valence-corrected chi connectivity index (χ3v) is 5.78. The number of amides is 3. The van der Waals surface area contributed by atoms with Gasteiger partial charge < -0.3 is 20.3 Å². The molecular weight excluding hydrogens is 442 g/mol. The molecule has 0 aliphatic rings. The molecule has 0 aliphatic carbocycles. The molecule has 0 heterocycles. The summed E-state index contributed by atoms with van der Waals surface area (Å²) >= 11 is 0. The lowest BCUT2D eigenvalue weighted by Crippen LogP contribution is -2.53. The van der Waals surface area contributed by atoms with E-state index in [0.717, 1.165) is 48.8 Å². The van der Waals surface area contributed by atoms with Crippen molar-refractivity contribution >= 4 is 17.9 Å². The predicted molar refractivity (Wildman–Crippen MR) is 141 cm³/mol. The van der Waals surface area contributed by atoms with Crippen molar-refractivity contribution in [2.75, 3.05) is 6.54 Å². The number of hydrogen-bond donors (Lipinski definition) is 2. The lowest BCUT2D eigenvalue weighted by atomic mass is 9.96. The van der Waals surface area contributed by atoms with E-state index in [0.29, 0.717) is 6.54 Å². The van der Waals surface area contributed by atoms with Crippen LogP contribution in [0, 0.1) is 13.8 Å². The van der Waals surface area contributed by atoms with Crippen LogP contribution in [-0.4, -0.2) is 47.0 Å². The fourth-order valence-corrected chi connectivity index (χ4v) is 4.10. The molecule has 0 aromatic heterocycles. The zero-order valence-electron chi connectivity index (χ0n) is 23.3. The van der Waals surface area contributed by atoms with Crippen LogP contribution in [0.5, 0.6) is 0 Å². The third kappa shape index (κ3) is 10.3. The second kappa shape index (κ2) is 14.1. The lowest BCUT2D eigenvalue weighted by molar-refractivity contribution is -0.142. The average molecular weight is 490 g/mol. The van der Waals surface area contributed by atoms with Crippen molar-refractivity contribution in [2.24, 2.45) is 0 Å². The summed E-state index contributed by atoms with van der Waals surface area (Å²) in [6.45, 7) is 17.5. The molecule has 1 rings (SSSR count). The highest BCUT2D eigenvalue weighted by molar-refractivity contribution is 5.92. The minimum atomic E-state index is -0.847. The van der Waals surface area contributed by atoms with Crippen molar-refractivity contribution in [3.05, 3.63) is 34.9 Å². The Bertz CT molecular complexity index is 847. The Labute approximate surface area is 212 Å². The van der Waals surface area contributed by atoms with Gasteiger partial charge in [0.25, 0.3) is 0 Å². The number of nitrogens with zero attached hydrogens (tertiary/aromatic N) is 1. The second-order valence-corrected chi connectivity index (χ2v) is 10.6. The Balaban J connectivity index is 3.38. The number of rotatable bonds is 12. The van der Waals surface area contributed by atoms with Crippen LogP contribution < -0.4 is 10.6 Å². The molecule has 3 unspecified atom stereocenters. The fraction of sp³-hybridized carbons (Fsp3) is 0.679. The van der Waals surface area contributed by atoms with Crippen molar-refractivity contribution in [1.29, 1.82) is 0 Å². The molecule has 2 N–H and O–H groups in total. The molecule has 3 amide bonds. The van der Waals surface area contributed by atoms with Gasteiger partial charge in [-0.3, -0.25) is 9.59 Å². The van der Waals surface area contributed by atoms with Gasteiger partial charge in [0.2, 0.25) is 11.8 Å². The van der Waals surface area contributed by atoms with Gasteiger partial charge in [0.15, 0.2) is 0 Å². The molecule has 0 fully saturated rings. The number of nitrogens with one attached hydrogen (secondary N) is 2. The number of alkyl carbamates (subject to hydrolysis) is 1. The molecule has 0 bridgehead atoms. The highest BCUT2D eigenvalue weighted by atomic mass is 16.6. The number of carbonyl (C=O) groups is 3. The Morgan fingerprint density at radius 3 is 2.20 bits per heavy atom. The van der Waals surface area contributed by atoms with Gasteiger partial charge in [-0.2, -0.15) is 0 Å². The smallest absolute Gasteiger partial charge is 0.408 e. The van der Waals surface area contributed by atoms with Gasteiger partial charge in [-0.25, -0.2) is 4.79 Å². The number of carbonyl (C=O) groups excluding carboxylic acids is 3. The van der Waals surface area contributed by atoms with Crippen LogP contribution in [0.15, 0.2) is 18.2 Å². The quantitative estimate of drug-likeness (QED) is 0.375. The summed E-state index contributed by atoms with van der Waals surface area (Å²) in [6.07, 6.45) is 3.83. The summed E-state index contributed by atoms with van der Waals surface area (Å²) in [6, 6.07) is 4.29. The summed E-state index contributed by atoms with van der Waals surface area (Å²) in [4.78, 5) is 41.4. The zero-order valence-corrected chi connectivity index (χ0v) is 23.3. The van der Waals surface area contributed by atoms with Gasteiger partial charge in [-0.05, 0) is 72.4 Å². The largest absolute Gasteiger partial charge is 0.444 e. The maximum atomic E-state index is 13.7. The van der Waals surface area contributed by atoms with Crippen molar-refractivity contribution < 1.29 is 19.1 Å². The molecule has 7 heteroatoms. The Kier molecular flexibility index (Phi) is 12.3. The van der Waals surface area contributed by atoms with E-state index in [1.807, 2.05) is 39.0 Å². The molecule has 3 atom stereocenters. The lowest BCUT2D eigenvalue weighted by Gasteiger charge is -2.35. The van der Waals surface area contributed by atoms with E-state index in [1.165, 1.54) is 0 Å². The predicted octanol–water partition coefficient (Wildman–Crippen LogP) is 5.58. The van der Waals surface area contributed by atoms with Crippen LogP contribution >= 0.6 is 0 Å². The average Bonchev–Trinajstić information content (AvgIpc) is 2.72. The summed E-state index contributed by atoms with van der Waals surface area (Å²) in [5.74, 6) is -0.512. The van der Waals surface area contributed by atoms with Gasteiger partial charge in [0.1, 0.15) is 17.7 Å². The number of hydrogen-bond acceptors (Lipinski definition) is 4. The number of ether oxygens (including phenoxy) is 1. The third-order valence-electron chi connectivity index (χ3n) is 5.78. The van der Waals surface area contributed by atoms with Gasteiger partial charge in [0, 0.05) is 12.6 Å². The molecule has 35 heavy (non-hydrogen) atoms. The standard InChI is InChI=1S/C28H47N3O4/c1-10-12-13-17-31(26(33)22(6)30-27(34)35-28(7,8)9)24(25(32)29-21(5)14-11-2)23-16-15-19(3)18-20(23)4/h15-16,18,21-22,24H,10-14,17H2,1-9H3,(H,29,32)(H,30,34). The molecule has 1 aromatic carbocycles. The van der Waals surface area contributed by atoms with Crippen LogP contribution in [-0.2, 0) is 14.3 Å². The fourth-order valence-electron chi connectivity index (χ4n) is 4.10. The van der Waals surface area contributed by atoms with Gasteiger partial charge in [-0.1, -0.05) is 56.9 Å². The van der Waals surface area contributed by atoms with E-state index in [-0.39, 0.29) is 17.9 Å². The molecule has 0 radical (unpaired) electrons. The minimum Gasteiger partial charge on any atom is -0.444 e. The van der Waals surface area contributed by atoms with Gasteiger partial charge in [0.05, 0.1) is 0 Å². The van der Waals surface area contributed by atoms with Crippen molar-refractivity contribution in [1.82, 2.24) is 15.5 Å². The minimum absolute atomic E-state index is 0.00865. The first-order chi connectivity index (χ1) is 16.3. The maximum Gasteiger partial charge on any atom is 0.408 e. The molecule has 1 aromatic rings. The van der Waals surface area contributed by atoms with Crippen molar-refractivity contribution in [3.8, 4) is 0 Å². The van der Waals surface area contributed by atoms with E-state index >= 15 is 0 Å². The maximum absolute atomic E-state index is 13.7. The van der Waals surface area contributed by atoms with Crippen LogP contribution in [0.2, 0.25) is 0 Å². The number of aryl methyl sites for hydroxylation is 2. The molecule has 0 spiro atoms. The molecule has 198 valence electrons. The van der Waals surface area contributed by atoms with Crippen LogP contribution in [0.25, 0.3) is 0 Å². The number of unbranched alkanes of at least 4 members (excludes halogenated alkanes) is 2. The van der Waals surface area contributed by atoms with E-state index in [1.54, 1.807) is 32.6 Å². The van der Waals surface area contributed by atoms with Crippen LogP contribution in [0.4, 0.5) is 4.79 Å². The molecule has 0 saturated carbocycles. The van der Waals surface area contributed by atoms with Gasteiger partial charge in [-0.15, -0.1) is 0 Å². The summed E-state index contributed by atoms with van der Waals surface area (Å²) < 4.78 is 5.34. The van der Waals surface area contributed by atoms with Crippen molar-refractivity contribution in [3.63, 3.8) is 0 Å². The van der Waals surface area contributed by atoms with Crippen LogP contribution in [0.3, 0.4) is 0 Å². The summed E-state index contributed by atoms with van der Waals surface area (Å²) in [7, 11) is 0. The number of benzene rings is 1. The Morgan fingerprint density at radius 1 is 1.00 bits per heavy atom. The first kappa shape index (κ1) is 30.5. The van der Waals surface area contributed by atoms with E-state index in [4.69, 9.17) is 4.74 Å². The first-order valence-electron chi connectivity index (χ1n) is 13.0. The van der Waals surface area contributed by atoms with Gasteiger partial charge >= 0.3 is 6.09 Å². The molecule has 0 saturated heterocycles. The summed E-state index contributed by atoms with van der Waals surface area (Å²) in [5, 5.41) is 5.77. The van der Waals surface area contributed by atoms with E-state index in [2.05, 4.69) is 24.5 Å². The topological polar surface area (TPSA) is 87.7 Å². The van der Waals surface area contributed by atoms with E-state index in [9.17, 15) is 14.4 Å². The SMILES string of the molecule is CCCCCN(C(=O)C(C)NC(=O)OC(C)(C)C)C(C(=O)NC(C)CCC)c1ccc(C)cc1C. The molecule has 0 aliphatic heterocycles. The molecular formula is C28H47N3O4. The van der Waals surface area contributed by atoms with Crippen molar-refractivity contribution in [2.45, 2.75) is 118 Å². The molecule has 7 nitrogen and oxygen atoms in total. The monoisotopic (exact) mass is 489 g/mol. The summed E-state index contributed by atoms with van der Waals surface area (Å²) in [5.41, 5.74) is 2.17. The normalized spacial score (nSPS) is 14.0. The Morgan fingerprint density at radius 2 is 1.66 bits per heavy atom. The highest BCUT2D eigenvalue weighted by Gasteiger charge is 2.35. The van der Waals surface area contributed by atoms with E-state index < -0.39 is 23.8 Å². The zero-order chi connectivity index (χ0) is 26.8.